The van der Waals surface area contributed by atoms with Gasteiger partial charge in [0, 0.05) is 11.3 Å². The third-order valence-corrected chi connectivity index (χ3v) is 4.85. The van der Waals surface area contributed by atoms with Gasteiger partial charge >= 0.3 is 12.0 Å². The maximum atomic E-state index is 11.5. The van der Waals surface area contributed by atoms with Crippen molar-refractivity contribution in [2.45, 2.75) is 12.5 Å². The number of carboxylic acid groups (broad SMARTS) is 1. The Morgan fingerprint density at radius 1 is 1.26 bits per heavy atom. The van der Waals surface area contributed by atoms with Crippen molar-refractivity contribution in [2.75, 3.05) is 11.9 Å². The highest BCUT2D eigenvalue weighted by Gasteiger charge is 2.17. The molecule has 0 bridgehead atoms. The molecule has 0 unspecified atom stereocenters. The van der Waals surface area contributed by atoms with Crippen LogP contribution in [-0.4, -0.2) is 35.7 Å². The van der Waals surface area contributed by atoms with Gasteiger partial charge in [0.2, 0.25) is 0 Å². The van der Waals surface area contributed by atoms with Crippen LogP contribution in [0.25, 0.3) is 10.4 Å². The molecule has 0 saturated carbocycles. The van der Waals surface area contributed by atoms with Gasteiger partial charge in [-0.25, -0.2) is 4.79 Å². The number of aliphatic carboxylic acids is 1. The van der Waals surface area contributed by atoms with Crippen molar-refractivity contribution in [1.82, 2.24) is 0 Å². The summed E-state index contributed by atoms with van der Waals surface area (Å²) in [5.41, 5.74) is 16.6. The number of urea groups is 1. The number of primary amides is 2. The molecule has 1 aromatic heterocycles. The number of carbonyl (C=O) groups excluding carboxylic acids is 2. The molecule has 0 spiro atoms. The van der Waals surface area contributed by atoms with Crippen LogP contribution in [0.3, 0.4) is 0 Å². The first kappa shape index (κ1) is 20.5. The van der Waals surface area contributed by atoms with Crippen molar-refractivity contribution in [2.24, 2.45) is 17.2 Å². The number of carboxylic acids is 1. The number of nitrogens with one attached hydrogen (secondary N) is 1. The van der Waals surface area contributed by atoms with E-state index in [1.165, 1.54) is 6.07 Å². The average molecular weight is 413 g/mol. The maximum Gasteiger partial charge on any atom is 0.320 e. The summed E-state index contributed by atoms with van der Waals surface area (Å²) in [6, 6.07) is 4.61. The van der Waals surface area contributed by atoms with Gasteiger partial charge in [0.05, 0.1) is 17.2 Å². The van der Waals surface area contributed by atoms with E-state index in [1.807, 2.05) is 0 Å². The molecule has 0 aliphatic rings. The highest BCUT2D eigenvalue weighted by molar-refractivity contribution is 7.20. The normalized spacial score (nSPS) is 11.6. The summed E-state index contributed by atoms with van der Waals surface area (Å²) in [5.74, 6) is -1.45. The van der Waals surface area contributed by atoms with Crippen molar-refractivity contribution in [1.29, 1.82) is 0 Å². The molecule has 2 aromatic rings. The maximum absolute atomic E-state index is 11.5. The average Bonchev–Trinajstić information content (AvgIpc) is 2.99. The fraction of sp³-hybridized carbons (Fsp3) is 0.188. The van der Waals surface area contributed by atoms with Crippen LogP contribution in [0.2, 0.25) is 5.02 Å². The molecule has 3 amide bonds. The lowest BCUT2D eigenvalue weighted by atomic mass is 10.1. The standard InChI is InChI=1S/C16H17ClN4O5S/c17-9-5-7(1-2-11(9)26-4-3-10(18)15(23)24)12-6-8(13(19)22)14(27-12)21-16(20)25/h1-2,5-6,10H,3-4,18H2,(H2,19,22)(H,23,24)(H3,20,21,25)/t10-/m0/s1. The fourth-order valence-corrected chi connectivity index (χ4v) is 3.41. The van der Waals surface area contributed by atoms with E-state index in [0.717, 1.165) is 11.3 Å². The first-order chi connectivity index (χ1) is 12.7. The highest BCUT2D eigenvalue weighted by Crippen LogP contribution is 2.38. The molecule has 0 radical (unpaired) electrons. The monoisotopic (exact) mass is 412 g/mol. The first-order valence-corrected chi connectivity index (χ1v) is 8.79. The van der Waals surface area contributed by atoms with Gasteiger partial charge in [-0.05, 0) is 29.8 Å². The van der Waals surface area contributed by atoms with Crippen molar-refractivity contribution in [3.63, 3.8) is 0 Å². The van der Waals surface area contributed by atoms with E-state index in [9.17, 15) is 14.4 Å². The van der Waals surface area contributed by atoms with Crippen LogP contribution in [-0.2, 0) is 4.79 Å². The lowest BCUT2D eigenvalue weighted by Gasteiger charge is -2.10. The lowest BCUT2D eigenvalue weighted by molar-refractivity contribution is -0.138. The Morgan fingerprint density at radius 3 is 2.52 bits per heavy atom. The van der Waals surface area contributed by atoms with E-state index in [0.29, 0.717) is 16.2 Å². The molecular weight excluding hydrogens is 396 g/mol. The Morgan fingerprint density at radius 2 is 1.96 bits per heavy atom. The minimum atomic E-state index is -1.11. The third kappa shape index (κ3) is 5.33. The van der Waals surface area contributed by atoms with Crippen LogP contribution in [0.4, 0.5) is 9.80 Å². The van der Waals surface area contributed by atoms with Gasteiger partial charge in [-0.15, -0.1) is 11.3 Å². The molecule has 8 N–H and O–H groups in total. The predicted octanol–water partition coefficient (Wildman–Crippen LogP) is 1.84. The van der Waals surface area contributed by atoms with Gasteiger partial charge < -0.3 is 27.0 Å². The number of hydrogen-bond donors (Lipinski definition) is 5. The Labute approximate surface area is 163 Å². The number of anilines is 1. The van der Waals surface area contributed by atoms with Crippen LogP contribution in [0, 0.1) is 0 Å². The van der Waals surface area contributed by atoms with Crippen LogP contribution >= 0.6 is 22.9 Å². The Hall–Kier alpha value is -2.82. The molecular formula is C16H17ClN4O5S. The zero-order valence-corrected chi connectivity index (χ0v) is 15.5. The van der Waals surface area contributed by atoms with Crippen LogP contribution in [0.5, 0.6) is 5.75 Å². The van der Waals surface area contributed by atoms with E-state index in [-0.39, 0.29) is 28.6 Å². The molecule has 9 nitrogen and oxygen atoms in total. The molecule has 1 heterocycles. The molecule has 2 rings (SSSR count). The first-order valence-electron chi connectivity index (χ1n) is 7.60. The van der Waals surface area contributed by atoms with Crippen molar-refractivity contribution >= 4 is 45.8 Å². The summed E-state index contributed by atoms with van der Waals surface area (Å²) < 4.78 is 5.45. The molecule has 0 fully saturated rings. The summed E-state index contributed by atoms with van der Waals surface area (Å²) in [6.45, 7) is 0.0873. The Balaban J connectivity index is 2.18. The molecule has 1 atom stereocenters. The van der Waals surface area contributed by atoms with Crippen molar-refractivity contribution in [3.05, 3.63) is 34.9 Å². The molecule has 27 heavy (non-hydrogen) atoms. The summed E-state index contributed by atoms with van der Waals surface area (Å²) >= 11 is 7.32. The third-order valence-electron chi connectivity index (χ3n) is 3.45. The molecule has 0 aliphatic heterocycles. The van der Waals surface area contributed by atoms with Crippen molar-refractivity contribution < 1.29 is 24.2 Å². The molecule has 0 aliphatic carbocycles. The lowest BCUT2D eigenvalue weighted by Crippen LogP contribution is -2.31. The molecule has 144 valence electrons. The van der Waals surface area contributed by atoms with Crippen LogP contribution in [0.1, 0.15) is 16.8 Å². The summed E-state index contributed by atoms with van der Waals surface area (Å²) in [5, 5.41) is 11.6. The second kappa shape index (κ2) is 8.71. The van der Waals surface area contributed by atoms with E-state index in [2.05, 4.69) is 5.32 Å². The molecule has 1 aromatic carbocycles. The molecule has 0 saturated heterocycles. The number of ether oxygens (including phenoxy) is 1. The van der Waals surface area contributed by atoms with Crippen LogP contribution < -0.4 is 27.3 Å². The number of hydrogen-bond acceptors (Lipinski definition) is 6. The van der Waals surface area contributed by atoms with Gasteiger partial charge in [0.15, 0.2) is 0 Å². The number of amides is 3. The number of rotatable bonds is 8. The quantitative estimate of drug-likeness (QED) is 0.442. The zero-order chi connectivity index (χ0) is 20.1. The highest BCUT2D eigenvalue weighted by atomic mass is 35.5. The number of nitrogens with two attached hydrogens (primary N) is 3. The van der Waals surface area contributed by atoms with Gasteiger partial charge in [-0.1, -0.05) is 11.6 Å². The zero-order valence-electron chi connectivity index (χ0n) is 13.9. The summed E-state index contributed by atoms with van der Waals surface area (Å²) in [6.07, 6.45) is 0.127. The topological polar surface area (TPSA) is 171 Å². The summed E-state index contributed by atoms with van der Waals surface area (Å²) in [7, 11) is 0. The molecule has 11 heteroatoms. The number of carbonyl (C=O) groups is 3. The van der Waals surface area contributed by atoms with Crippen molar-refractivity contribution in [3.8, 4) is 16.2 Å². The number of benzene rings is 1. The largest absolute Gasteiger partial charge is 0.492 e. The van der Waals surface area contributed by atoms with Gasteiger partial charge in [0.25, 0.3) is 5.91 Å². The Kier molecular flexibility index (Phi) is 6.61. The van der Waals surface area contributed by atoms with E-state index in [1.54, 1.807) is 18.2 Å². The SMILES string of the molecule is NC(=O)Nc1sc(-c2ccc(OCC[C@H](N)C(=O)O)c(Cl)c2)cc1C(N)=O. The van der Waals surface area contributed by atoms with Gasteiger partial charge in [0.1, 0.15) is 16.8 Å². The van der Waals surface area contributed by atoms with E-state index in [4.69, 9.17) is 38.6 Å². The second-order valence-electron chi connectivity index (χ2n) is 5.43. The fourth-order valence-electron chi connectivity index (χ4n) is 2.11. The van der Waals surface area contributed by atoms with E-state index >= 15 is 0 Å². The minimum absolute atomic E-state index is 0.0873. The number of thiophene rings is 1. The van der Waals surface area contributed by atoms with E-state index < -0.39 is 23.9 Å². The Bertz CT molecular complexity index is 886. The summed E-state index contributed by atoms with van der Waals surface area (Å²) in [4.78, 5) is 33.9. The second-order valence-corrected chi connectivity index (χ2v) is 6.89. The minimum Gasteiger partial charge on any atom is -0.492 e. The number of halogens is 1. The van der Waals surface area contributed by atoms with Gasteiger partial charge in [-0.3, -0.25) is 14.9 Å². The van der Waals surface area contributed by atoms with Crippen LogP contribution in [0.15, 0.2) is 24.3 Å². The smallest absolute Gasteiger partial charge is 0.320 e. The predicted molar refractivity (Wildman–Crippen MR) is 102 cm³/mol. The van der Waals surface area contributed by atoms with Gasteiger partial charge in [-0.2, -0.15) is 0 Å².